The van der Waals surface area contributed by atoms with Gasteiger partial charge in [0.25, 0.3) is 0 Å². The van der Waals surface area contributed by atoms with Crippen LogP contribution in [0.25, 0.3) is 0 Å². The van der Waals surface area contributed by atoms with Crippen molar-refractivity contribution in [2.75, 3.05) is 26.3 Å². The van der Waals surface area contributed by atoms with Gasteiger partial charge in [-0.05, 0) is 24.6 Å². The van der Waals surface area contributed by atoms with Gasteiger partial charge in [-0.2, -0.15) is 0 Å². The Kier molecular flexibility index (Phi) is 6.77. The van der Waals surface area contributed by atoms with Gasteiger partial charge in [-0.3, -0.25) is 4.98 Å². The van der Waals surface area contributed by atoms with E-state index < -0.39 is 0 Å². The van der Waals surface area contributed by atoms with Gasteiger partial charge in [0.15, 0.2) is 0 Å². The second-order valence-corrected chi connectivity index (χ2v) is 4.28. The lowest BCUT2D eigenvalue weighted by Crippen LogP contribution is -2.24. The van der Waals surface area contributed by atoms with Crippen LogP contribution in [0.2, 0.25) is 0 Å². The fourth-order valence-corrected chi connectivity index (χ4v) is 1.36. The van der Waals surface area contributed by atoms with Gasteiger partial charge in [-0.25, -0.2) is 0 Å². The molecule has 1 aromatic heterocycles. The van der Waals surface area contributed by atoms with Gasteiger partial charge in [0.1, 0.15) is 0 Å². The number of nitrogens with one attached hydrogen (secondary N) is 1. The normalized spacial score (nSPS) is 10.9. The zero-order chi connectivity index (χ0) is 11.6. The molecule has 0 aliphatic rings. The van der Waals surface area contributed by atoms with Gasteiger partial charge < -0.3 is 10.1 Å². The van der Waals surface area contributed by atoms with Crippen molar-refractivity contribution in [3.63, 3.8) is 0 Å². The molecule has 90 valence electrons. The molecule has 0 aliphatic carbocycles. The Labute approximate surface area is 98.2 Å². The highest BCUT2D eigenvalue weighted by atomic mass is 16.5. The molecule has 0 radical (unpaired) electrons. The highest BCUT2D eigenvalue weighted by Crippen LogP contribution is 1.94. The first-order valence-electron chi connectivity index (χ1n) is 5.97. The van der Waals surface area contributed by atoms with E-state index in [1.807, 2.05) is 24.4 Å². The van der Waals surface area contributed by atoms with Crippen molar-refractivity contribution in [2.24, 2.45) is 5.92 Å². The van der Waals surface area contributed by atoms with Crippen molar-refractivity contribution in [1.29, 1.82) is 0 Å². The summed E-state index contributed by atoms with van der Waals surface area (Å²) in [6.07, 6.45) is 2.71. The Morgan fingerprint density at radius 1 is 1.31 bits per heavy atom. The topological polar surface area (TPSA) is 34.1 Å². The second kappa shape index (κ2) is 8.25. The van der Waals surface area contributed by atoms with Gasteiger partial charge >= 0.3 is 0 Å². The number of pyridine rings is 1. The molecule has 0 fully saturated rings. The maximum absolute atomic E-state index is 5.52. The van der Waals surface area contributed by atoms with Crippen LogP contribution in [0.3, 0.4) is 0 Å². The molecule has 1 aromatic rings. The Hall–Kier alpha value is -0.930. The minimum atomic E-state index is 0.702. The van der Waals surface area contributed by atoms with E-state index in [1.54, 1.807) is 0 Å². The number of rotatable bonds is 8. The first kappa shape index (κ1) is 13.1. The summed E-state index contributed by atoms with van der Waals surface area (Å²) >= 11 is 0. The van der Waals surface area contributed by atoms with Crippen LogP contribution in [0.5, 0.6) is 0 Å². The van der Waals surface area contributed by atoms with Crippen molar-refractivity contribution >= 4 is 0 Å². The van der Waals surface area contributed by atoms with Gasteiger partial charge in [-0.15, -0.1) is 0 Å². The van der Waals surface area contributed by atoms with Crippen molar-refractivity contribution < 1.29 is 4.74 Å². The number of ether oxygens (including phenoxy) is 1. The number of nitrogens with zero attached hydrogens (tertiary/aromatic N) is 1. The maximum atomic E-state index is 5.52. The lowest BCUT2D eigenvalue weighted by atomic mass is 10.2. The summed E-state index contributed by atoms with van der Waals surface area (Å²) in [6.45, 7) is 7.92. The molecule has 1 rings (SSSR count). The standard InChI is InChI=1S/C13H22N2O/c1-12(2)11-14-8-10-16-9-6-13-5-3-4-7-15-13/h3-5,7,12,14H,6,8-11H2,1-2H3. The molecule has 0 bridgehead atoms. The van der Waals surface area contributed by atoms with E-state index in [0.717, 1.165) is 38.4 Å². The summed E-state index contributed by atoms with van der Waals surface area (Å²) in [6, 6.07) is 5.97. The third-order valence-corrected chi connectivity index (χ3v) is 2.20. The lowest BCUT2D eigenvalue weighted by Gasteiger charge is -2.07. The molecule has 1 N–H and O–H groups in total. The number of hydrogen-bond acceptors (Lipinski definition) is 3. The van der Waals surface area contributed by atoms with E-state index in [0.29, 0.717) is 5.92 Å². The van der Waals surface area contributed by atoms with Crippen LogP contribution in [0.1, 0.15) is 19.5 Å². The Bertz CT molecular complexity index is 262. The molecular formula is C13H22N2O. The number of aromatic nitrogens is 1. The summed E-state index contributed by atoms with van der Waals surface area (Å²) in [5, 5.41) is 3.34. The third kappa shape index (κ3) is 6.53. The van der Waals surface area contributed by atoms with Crippen LogP contribution >= 0.6 is 0 Å². The van der Waals surface area contributed by atoms with Crippen LogP contribution < -0.4 is 5.32 Å². The predicted octanol–water partition coefficient (Wildman–Crippen LogP) is 1.89. The Balaban J connectivity index is 1.93. The quantitative estimate of drug-likeness (QED) is 0.682. The molecule has 16 heavy (non-hydrogen) atoms. The third-order valence-electron chi connectivity index (χ3n) is 2.20. The van der Waals surface area contributed by atoms with Crippen LogP contribution in [0.15, 0.2) is 24.4 Å². The minimum absolute atomic E-state index is 0.702. The average Bonchev–Trinajstić information content (AvgIpc) is 2.29. The average molecular weight is 222 g/mol. The molecule has 0 unspecified atom stereocenters. The molecular weight excluding hydrogens is 200 g/mol. The summed E-state index contributed by atoms with van der Waals surface area (Å²) in [7, 11) is 0. The molecule has 1 heterocycles. The number of hydrogen-bond donors (Lipinski definition) is 1. The smallest absolute Gasteiger partial charge is 0.0591 e. The van der Waals surface area contributed by atoms with Crippen molar-refractivity contribution in [3.05, 3.63) is 30.1 Å². The molecule has 0 aromatic carbocycles. The minimum Gasteiger partial charge on any atom is -0.380 e. The lowest BCUT2D eigenvalue weighted by molar-refractivity contribution is 0.138. The van der Waals surface area contributed by atoms with Gasteiger partial charge in [0, 0.05) is 24.9 Å². The second-order valence-electron chi connectivity index (χ2n) is 4.28. The zero-order valence-electron chi connectivity index (χ0n) is 10.3. The summed E-state index contributed by atoms with van der Waals surface area (Å²) < 4.78 is 5.52. The van der Waals surface area contributed by atoms with E-state index >= 15 is 0 Å². The molecule has 3 heteroatoms. The molecule has 0 aliphatic heterocycles. The Morgan fingerprint density at radius 3 is 2.88 bits per heavy atom. The van der Waals surface area contributed by atoms with E-state index in [9.17, 15) is 0 Å². The van der Waals surface area contributed by atoms with E-state index in [4.69, 9.17) is 4.74 Å². The van der Waals surface area contributed by atoms with E-state index in [-0.39, 0.29) is 0 Å². The van der Waals surface area contributed by atoms with Crippen LogP contribution in [-0.4, -0.2) is 31.3 Å². The van der Waals surface area contributed by atoms with Crippen LogP contribution in [0, 0.1) is 5.92 Å². The zero-order valence-corrected chi connectivity index (χ0v) is 10.3. The van der Waals surface area contributed by atoms with E-state index in [2.05, 4.69) is 24.1 Å². The molecule has 0 spiro atoms. The molecule has 0 saturated carbocycles. The maximum Gasteiger partial charge on any atom is 0.0591 e. The van der Waals surface area contributed by atoms with Crippen LogP contribution in [-0.2, 0) is 11.2 Å². The molecule has 0 saturated heterocycles. The monoisotopic (exact) mass is 222 g/mol. The molecule has 3 nitrogen and oxygen atoms in total. The summed E-state index contributed by atoms with van der Waals surface area (Å²) in [4.78, 5) is 4.24. The molecule has 0 amide bonds. The summed E-state index contributed by atoms with van der Waals surface area (Å²) in [5.41, 5.74) is 1.10. The summed E-state index contributed by atoms with van der Waals surface area (Å²) in [5.74, 6) is 0.702. The van der Waals surface area contributed by atoms with Gasteiger partial charge in [0.2, 0.25) is 0 Å². The Morgan fingerprint density at radius 2 is 2.19 bits per heavy atom. The van der Waals surface area contributed by atoms with E-state index in [1.165, 1.54) is 0 Å². The fraction of sp³-hybridized carbons (Fsp3) is 0.615. The largest absolute Gasteiger partial charge is 0.380 e. The first-order chi connectivity index (χ1) is 7.79. The van der Waals surface area contributed by atoms with Crippen molar-refractivity contribution in [1.82, 2.24) is 10.3 Å². The SMILES string of the molecule is CC(C)CNCCOCCc1ccccn1. The fourth-order valence-electron chi connectivity index (χ4n) is 1.36. The highest BCUT2D eigenvalue weighted by Gasteiger charge is 1.94. The molecule has 0 atom stereocenters. The van der Waals surface area contributed by atoms with Crippen molar-refractivity contribution in [3.8, 4) is 0 Å². The van der Waals surface area contributed by atoms with Crippen LogP contribution in [0.4, 0.5) is 0 Å². The van der Waals surface area contributed by atoms with Gasteiger partial charge in [0.05, 0.1) is 13.2 Å². The highest BCUT2D eigenvalue weighted by molar-refractivity contribution is 5.03. The van der Waals surface area contributed by atoms with Gasteiger partial charge in [-0.1, -0.05) is 19.9 Å². The predicted molar refractivity (Wildman–Crippen MR) is 66.5 cm³/mol. The van der Waals surface area contributed by atoms with Crippen molar-refractivity contribution in [2.45, 2.75) is 20.3 Å². The first-order valence-corrected chi connectivity index (χ1v) is 5.97.